The molecular weight excluding hydrogens is 992 g/mol. The van der Waals surface area contributed by atoms with E-state index in [2.05, 4.69) is 42.5 Å². The lowest BCUT2D eigenvalue weighted by molar-refractivity contribution is -0.125. The Morgan fingerprint density at radius 1 is 0.594 bits per heavy atom. The second kappa shape index (κ2) is 21.4. The van der Waals surface area contributed by atoms with E-state index in [1.54, 1.807) is 21.9 Å². The highest BCUT2D eigenvalue weighted by Crippen LogP contribution is 2.30. The number of rotatable bonds is 12. The predicted molar refractivity (Wildman–Crippen MR) is 251 cm³/mol. The van der Waals surface area contributed by atoms with Crippen LogP contribution in [0.4, 0.5) is 11.4 Å². The molecule has 6 heterocycles. The number of ether oxygens (including phenoxy) is 4. The number of thiophene rings is 2. The van der Waals surface area contributed by atoms with E-state index >= 15 is 0 Å². The lowest BCUT2D eigenvalue weighted by Gasteiger charge is -2.27. The Balaban J connectivity index is 0.000000191. The SMILES string of the molecule is Cc1cc(CC(=O)[C@@]2(NC(=O)c3ccc(Br)s3)CCOC2)ccc1N1CCOCCC1=O.Cc1cc(CC(=O)[C@]2(NC(=O)c3ccc(Br)s3)CCOC2)ccc1N1CCOCCC1=O. The zero-order valence-corrected chi connectivity index (χ0v) is 40.4. The van der Waals surface area contributed by atoms with E-state index in [-0.39, 0.29) is 61.3 Å². The third-order valence-corrected chi connectivity index (χ3v) is 14.9. The van der Waals surface area contributed by atoms with Crippen LogP contribution in [0, 0.1) is 13.8 Å². The average Bonchev–Trinajstić information content (AvgIpc) is 4.08. The van der Waals surface area contributed by atoms with Crippen LogP contribution in [0.1, 0.15) is 67.3 Å². The van der Waals surface area contributed by atoms with Crippen molar-refractivity contribution in [2.45, 2.75) is 63.5 Å². The fraction of sp³-hybridized carbons (Fsp3) is 0.435. The van der Waals surface area contributed by atoms with Crippen molar-refractivity contribution < 1.29 is 47.7 Å². The highest BCUT2D eigenvalue weighted by Gasteiger charge is 2.44. The monoisotopic (exact) mass is 1040 g/mol. The second-order valence-corrected chi connectivity index (χ2v) is 21.1. The van der Waals surface area contributed by atoms with Crippen LogP contribution in [0.15, 0.2) is 68.2 Å². The van der Waals surface area contributed by atoms with Crippen molar-refractivity contribution >= 4 is 101 Å². The summed E-state index contributed by atoms with van der Waals surface area (Å²) in [6, 6.07) is 18.5. The van der Waals surface area contributed by atoms with Gasteiger partial charge in [0.2, 0.25) is 11.8 Å². The van der Waals surface area contributed by atoms with Gasteiger partial charge in [-0.15, -0.1) is 22.7 Å². The molecule has 64 heavy (non-hydrogen) atoms. The summed E-state index contributed by atoms with van der Waals surface area (Å²) in [6.07, 6.45) is 1.98. The molecule has 0 bridgehead atoms. The Morgan fingerprint density at radius 2 is 1.02 bits per heavy atom. The number of anilines is 2. The number of benzene rings is 2. The number of nitrogens with one attached hydrogen (secondary N) is 2. The van der Waals surface area contributed by atoms with Gasteiger partial charge in [-0.05, 0) is 104 Å². The van der Waals surface area contributed by atoms with Crippen LogP contribution in [0.5, 0.6) is 0 Å². The Labute approximate surface area is 396 Å². The second-order valence-electron chi connectivity index (χ2n) is 16.1. The quantitative estimate of drug-likeness (QED) is 0.159. The number of amides is 4. The molecule has 2 atom stereocenters. The molecule has 0 spiro atoms. The molecule has 0 saturated carbocycles. The molecule has 4 saturated heterocycles. The maximum absolute atomic E-state index is 13.3. The number of carbonyl (C=O) groups is 6. The normalized spacial score (nSPS) is 21.4. The first kappa shape index (κ1) is 47.8. The minimum absolute atomic E-state index is 0.0411. The Hall–Kier alpha value is -4.14. The standard InChI is InChI=1S/2C23H25BrN2O5S/c2*1-15-12-16(2-3-17(15)26-8-11-30-9-6-21(26)28)13-19(27)23(7-10-31-14-23)25-22(29)18-4-5-20(24)32-18/h2*2-5,12H,6-11,13-14H2,1H3,(H,25,29)/t2*23-/m10/s1. The van der Waals surface area contributed by atoms with E-state index in [0.717, 1.165) is 41.2 Å². The van der Waals surface area contributed by atoms with Crippen LogP contribution < -0.4 is 20.4 Å². The van der Waals surface area contributed by atoms with Gasteiger partial charge in [0.15, 0.2) is 11.6 Å². The molecule has 2 aromatic heterocycles. The molecule has 340 valence electrons. The molecule has 14 nitrogen and oxygen atoms in total. The Kier molecular flexibility index (Phi) is 16.0. The molecule has 8 rings (SSSR count). The van der Waals surface area contributed by atoms with Crippen LogP contribution in [-0.2, 0) is 51.0 Å². The zero-order chi connectivity index (χ0) is 45.4. The van der Waals surface area contributed by atoms with Crippen LogP contribution in [0.2, 0.25) is 0 Å². The minimum atomic E-state index is -1.03. The van der Waals surface area contributed by atoms with Crippen LogP contribution in [0.25, 0.3) is 0 Å². The first-order chi connectivity index (χ1) is 30.8. The topological polar surface area (TPSA) is 170 Å². The van der Waals surface area contributed by atoms with Gasteiger partial charge in [0.1, 0.15) is 11.1 Å². The number of hydrogen-bond donors (Lipinski definition) is 2. The number of carbonyl (C=O) groups excluding carboxylic acids is 6. The molecule has 2 aromatic carbocycles. The summed E-state index contributed by atoms with van der Waals surface area (Å²) >= 11 is 9.38. The number of hydrogen-bond acceptors (Lipinski definition) is 12. The smallest absolute Gasteiger partial charge is 0.262 e. The van der Waals surface area contributed by atoms with E-state index in [9.17, 15) is 28.8 Å². The summed E-state index contributed by atoms with van der Waals surface area (Å²) in [5, 5.41) is 5.88. The summed E-state index contributed by atoms with van der Waals surface area (Å²) in [7, 11) is 0. The Bertz CT molecular complexity index is 2230. The molecular formula is C46H50Br2N4O10S2. The lowest BCUT2D eigenvalue weighted by Crippen LogP contribution is -2.55. The van der Waals surface area contributed by atoms with Crippen LogP contribution in [0.3, 0.4) is 0 Å². The molecule has 0 unspecified atom stereocenters. The molecule has 2 N–H and O–H groups in total. The lowest BCUT2D eigenvalue weighted by atomic mass is 9.88. The van der Waals surface area contributed by atoms with Gasteiger partial charge >= 0.3 is 0 Å². The van der Waals surface area contributed by atoms with Crippen molar-refractivity contribution in [2.75, 3.05) is 75.7 Å². The zero-order valence-electron chi connectivity index (χ0n) is 35.6. The molecule has 4 aromatic rings. The first-order valence-corrected chi connectivity index (χ1v) is 24.3. The van der Waals surface area contributed by atoms with E-state index in [1.165, 1.54) is 22.7 Å². The highest BCUT2D eigenvalue weighted by atomic mass is 79.9. The van der Waals surface area contributed by atoms with Crippen molar-refractivity contribution in [1.82, 2.24) is 10.6 Å². The summed E-state index contributed by atoms with van der Waals surface area (Å²) in [6.45, 7) is 8.01. The van der Waals surface area contributed by atoms with Crippen LogP contribution >= 0.6 is 54.5 Å². The predicted octanol–water partition coefficient (Wildman–Crippen LogP) is 6.55. The molecule has 4 amide bonds. The van der Waals surface area contributed by atoms with Crippen molar-refractivity contribution in [3.63, 3.8) is 0 Å². The van der Waals surface area contributed by atoms with Crippen molar-refractivity contribution in [3.8, 4) is 0 Å². The van der Waals surface area contributed by atoms with Crippen molar-refractivity contribution in [2.24, 2.45) is 0 Å². The van der Waals surface area contributed by atoms with Crippen molar-refractivity contribution in [1.29, 1.82) is 0 Å². The average molecular weight is 1040 g/mol. The fourth-order valence-corrected chi connectivity index (χ4v) is 10.7. The van der Waals surface area contributed by atoms with Gasteiger partial charge in [0.05, 0.1) is 69.8 Å². The molecule has 4 aliphatic rings. The fourth-order valence-electron chi connectivity index (χ4n) is 8.17. The Morgan fingerprint density at radius 3 is 1.36 bits per heavy atom. The van der Waals surface area contributed by atoms with E-state index in [0.29, 0.717) is 88.2 Å². The molecule has 0 aliphatic carbocycles. The van der Waals surface area contributed by atoms with Gasteiger partial charge in [-0.1, -0.05) is 24.3 Å². The van der Waals surface area contributed by atoms with Crippen molar-refractivity contribution in [3.05, 3.63) is 100 Å². The van der Waals surface area contributed by atoms with E-state index in [4.69, 9.17) is 18.9 Å². The molecule has 0 radical (unpaired) electrons. The van der Waals surface area contributed by atoms with E-state index < -0.39 is 11.1 Å². The van der Waals surface area contributed by atoms with Gasteiger partial charge in [0, 0.05) is 63.4 Å². The molecule has 18 heteroatoms. The number of ketones is 2. The van der Waals surface area contributed by atoms with Gasteiger partial charge in [-0.2, -0.15) is 0 Å². The maximum atomic E-state index is 13.3. The van der Waals surface area contributed by atoms with E-state index in [1.807, 2.05) is 62.4 Å². The van der Waals surface area contributed by atoms with Gasteiger partial charge in [0.25, 0.3) is 11.8 Å². The minimum Gasteiger partial charge on any atom is -0.379 e. The highest BCUT2D eigenvalue weighted by molar-refractivity contribution is 9.11. The van der Waals surface area contributed by atoms with Crippen LogP contribution in [-0.4, -0.2) is 112 Å². The number of Topliss-reactive ketones (excluding diaryl/α,β-unsaturated/α-hetero) is 2. The largest absolute Gasteiger partial charge is 0.379 e. The first-order valence-electron chi connectivity index (χ1n) is 21.1. The molecule has 4 aliphatic heterocycles. The van der Waals surface area contributed by atoms with Gasteiger partial charge in [-0.3, -0.25) is 28.8 Å². The number of aryl methyl sites for hydroxylation is 2. The maximum Gasteiger partial charge on any atom is 0.262 e. The summed E-state index contributed by atoms with van der Waals surface area (Å²) < 4.78 is 23.6. The number of halogens is 2. The van der Waals surface area contributed by atoms with Gasteiger partial charge < -0.3 is 39.4 Å². The van der Waals surface area contributed by atoms with Gasteiger partial charge in [-0.25, -0.2) is 0 Å². The summed E-state index contributed by atoms with van der Waals surface area (Å²) in [5.74, 6) is -0.615. The third-order valence-electron chi connectivity index (χ3n) is 11.7. The third kappa shape index (κ3) is 11.4. The number of nitrogens with zero attached hydrogens (tertiary/aromatic N) is 2. The molecule has 4 fully saturated rings. The summed E-state index contributed by atoms with van der Waals surface area (Å²) in [5.41, 5.74) is 3.16. The summed E-state index contributed by atoms with van der Waals surface area (Å²) in [4.78, 5) is 81.5.